The van der Waals surface area contributed by atoms with Gasteiger partial charge in [-0.15, -0.1) is 11.3 Å². The van der Waals surface area contributed by atoms with Gasteiger partial charge in [-0.3, -0.25) is 4.79 Å². The number of nitrogens with one attached hydrogen (secondary N) is 1. The Morgan fingerprint density at radius 2 is 2.18 bits per heavy atom. The van der Waals surface area contributed by atoms with Crippen LogP contribution >= 0.6 is 22.9 Å². The molecule has 1 amide bonds. The molecule has 6 heteroatoms. The summed E-state index contributed by atoms with van der Waals surface area (Å²) in [5.41, 5.74) is 0. The Labute approximate surface area is 109 Å². The molecule has 0 bridgehead atoms. The van der Waals surface area contributed by atoms with Crippen molar-refractivity contribution in [1.29, 1.82) is 0 Å². The fraction of sp³-hybridized carbons (Fsp3) is 0.455. The van der Waals surface area contributed by atoms with E-state index < -0.39 is 17.9 Å². The molecule has 4 nitrogen and oxygen atoms in total. The quantitative estimate of drug-likeness (QED) is 0.868. The van der Waals surface area contributed by atoms with Crippen LogP contribution in [0.15, 0.2) is 11.4 Å². The molecule has 1 atom stereocenters. The van der Waals surface area contributed by atoms with Crippen molar-refractivity contribution in [3.05, 3.63) is 21.3 Å². The molecule has 17 heavy (non-hydrogen) atoms. The molecule has 0 aromatic carbocycles. The maximum absolute atomic E-state index is 11.8. The number of amides is 1. The maximum atomic E-state index is 11.8. The summed E-state index contributed by atoms with van der Waals surface area (Å²) in [5.74, 6) is -1.27. The number of rotatable bonds is 5. The summed E-state index contributed by atoms with van der Waals surface area (Å²) < 4.78 is 0. The number of carbonyl (C=O) groups excluding carboxylic acids is 1. The molecule has 0 fully saturated rings. The molecule has 0 saturated carbocycles. The van der Waals surface area contributed by atoms with Crippen molar-refractivity contribution in [3.63, 3.8) is 0 Å². The summed E-state index contributed by atoms with van der Waals surface area (Å²) in [6.07, 6.45) is 0.393. The number of thiophene rings is 1. The summed E-state index contributed by atoms with van der Waals surface area (Å²) in [5, 5.41) is 13.5. The molecule has 1 heterocycles. The van der Waals surface area contributed by atoms with E-state index in [4.69, 9.17) is 16.7 Å². The summed E-state index contributed by atoms with van der Waals surface area (Å²) in [7, 11) is 0. The highest BCUT2D eigenvalue weighted by molar-refractivity contribution is 7.12. The summed E-state index contributed by atoms with van der Waals surface area (Å²) >= 11 is 7.00. The first-order valence-corrected chi connectivity index (χ1v) is 6.44. The number of aliphatic carboxylic acids is 1. The highest BCUT2D eigenvalue weighted by atomic mass is 35.5. The second-order valence-corrected chi connectivity index (χ2v) is 5.41. The average molecular weight is 276 g/mol. The van der Waals surface area contributed by atoms with Gasteiger partial charge in [0.25, 0.3) is 5.91 Å². The first-order chi connectivity index (χ1) is 7.91. The van der Waals surface area contributed by atoms with Crippen molar-refractivity contribution in [1.82, 2.24) is 5.32 Å². The van der Waals surface area contributed by atoms with E-state index in [1.807, 2.05) is 13.8 Å². The predicted octanol–water partition coefficient (Wildman–Crippen LogP) is 2.63. The fourth-order valence-electron chi connectivity index (χ4n) is 1.37. The third-order valence-corrected chi connectivity index (χ3v) is 3.47. The van der Waals surface area contributed by atoms with Crippen LogP contribution in [0.5, 0.6) is 0 Å². The minimum absolute atomic E-state index is 0.190. The molecule has 0 aliphatic heterocycles. The molecule has 0 unspecified atom stereocenters. The van der Waals surface area contributed by atoms with Gasteiger partial charge in [0.1, 0.15) is 10.9 Å². The van der Waals surface area contributed by atoms with Crippen LogP contribution in [0.4, 0.5) is 0 Å². The van der Waals surface area contributed by atoms with E-state index in [1.165, 1.54) is 11.3 Å². The van der Waals surface area contributed by atoms with E-state index in [0.717, 1.165) is 0 Å². The lowest BCUT2D eigenvalue weighted by atomic mass is 10.0. The molecular formula is C11H14ClNO3S. The lowest BCUT2D eigenvalue weighted by molar-refractivity contribution is -0.139. The van der Waals surface area contributed by atoms with Gasteiger partial charge in [0.15, 0.2) is 0 Å². The highest BCUT2D eigenvalue weighted by Gasteiger charge is 2.23. The predicted molar refractivity (Wildman–Crippen MR) is 67.7 cm³/mol. The molecule has 0 saturated heterocycles. The zero-order valence-electron chi connectivity index (χ0n) is 9.57. The van der Waals surface area contributed by atoms with Gasteiger partial charge in [-0.05, 0) is 23.8 Å². The van der Waals surface area contributed by atoms with Gasteiger partial charge in [-0.25, -0.2) is 4.79 Å². The molecule has 0 aliphatic carbocycles. The SMILES string of the molecule is CC(C)C[C@@H](NC(=O)c1sccc1Cl)C(=O)O. The zero-order chi connectivity index (χ0) is 13.0. The van der Waals surface area contributed by atoms with Crippen molar-refractivity contribution < 1.29 is 14.7 Å². The van der Waals surface area contributed by atoms with Gasteiger partial charge in [0.2, 0.25) is 0 Å². The van der Waals surface area contributed by atoms with Crippen molar-refractivity contribution in [2.24, 2.45) is 5.92 Å². The van der Waals surface area contributed by atoms with E-state index in [0.29, 0.717) is 16.3 Å². The van der Waals surface area contributed by atoms with E-state index in [1.54, 1.807) is 11.4 Å². The number of hydrogen-bond donors (Lipinski definition) is 2. The average Bonchev–Trinajstić information content (AvgIpc) is 2.62. The molecule has 1 aromatic rings. The van der Waals surface area contributed by atoms with Crippen LogP contribution < -0.4 is 5.32 Å². The third-order valence-electron chi connectivity index (χ3n) is 2.13. The van der Waals surface area contributed by atoms with Crippen LogP contribution in [0.2, 0.25) is 5.02 Å². The third kappa shape index (κ3) is 4.02. The van der Waals surface area contributed by atoms with E-state index >= 15 is 0 Å². The molecule has 0 aliphatic rings. The van der Waals surface area contributed by atoms with Gasteiger partial charge in [0.05, 0.1) is 5.02 Å². The molecule has 0 radical (unpaired) electrons. The van der Waals surface area contributed by atoms with Gasteiger partial charge >= 0.3 is 5.97 Å². The lowest BCUT2D eigenvalue weighted by Crippen LogP contribution is -2.41. The first kappa shape index (κ1) is 14.0. The van der Waals surface area contributed by atoms with Crippen LogP contribution in [-0.4, -0.2) is 23.0 Å². The Balaban J connectivity index is 2.71. The molecule has 1 rings (SSSR count). The second kappa shape index (κ2) is 6.02. The van der Waals surface area contributed by atoms with Crippen molar-refractivity contribution in [2.75, 3.05) is 0 Å². The number of carboxylic acids is 1. The number of carbonyl (C=O) groups is 2. The van der Waals surface area contributed by atoms with E-state index in [2.05, 4.69) is 5.32 Å². The van der Waals surface area contributed by atoms with Crippen molar-refractivity contribution in [2.45, 2.75) is 26.3 Å². The highest BCUT2D eigenvalue weighted by Crippen LogP contribution is 2.22. The van der Waals surface area contributed by atoms with E-state index in [9.17, 15) is 9.59 Å². The van der Waals surface area contributed by atoms with Crippen LogP contribution in [0.3, 0.4) is 0 Å². The minimum Gasteiger partial charge on any atom is -0.480 e. The number of hydrogen-bond acceptors (Lipinski definition) is 3. The molecule has 2 N–H and O–H groups in total. The Morgan fingerprint density at radius 3 is 2.59 bits per heavy atom. The minimum atomic E-state index is -1.03. The molecular weight excluding hydrogens is 262 g/mol. The van der Waals surface area contributed by atoms with Crippen LogP contribution in [-0.2, 0) is 4.79 Å². The van der Waals surface area contributed by atoms with Gasteiger partial charge < -0.3 is 10.4 Å². The van der Waals surface area contributed by atoms with Crippen LogP contribution in [0, 0.1) is 5.92 Å². The zero-order valence-corrected chi connectivity index (χ0v) is 11.1. The largest absolute Gasteiger partial charge is 0.480 e. The fourth-order valence-corrected chi connectivity index (χ4v) is 2.42. The van der Waals surface area contributed by atoms with Gasteiger partial charge in [-0.2, -0.15) is 0 Å². The lowest BCUT2D eigenvalue weighted by Gasteiger charge is -2.15. The van der Waals surface area contributed by atoms with Crippen LogP contribution in [0.1, 0.15) is 29.9 Å². The summed E-state index contributed by atoms with van der Waals surface area (Å²) in [6, 6.07) is 0.736. The smallest absolute Gasteiger partial charge is 0.326 e. The molecule has 0 spiro atoms. The first-order valence-electron chi connectivity index (χ1n) is 5.18. The second-order valence-electron chi connectivity index (χ2n) is 4.09. The standard InChI is InChI=1S/C11H14ClNO3S/c1-6(2)5-8(11(15)16)13-10(14)9-7(12)3-4-17-9/h3-4,6,8H,5H2,1-2H3,(H,13,14)(H,15,16)/t8-/m1/s1. The Bertz CT molecular complexity index is 417. The van der Waals surface area contributed by atoms with Crippen molar-refractivity contribution in [3.8, 4) is 0 Å². The Morgan fingerprint density at radius 1 is 1.53 bits per heavy atom. The van der Waals surface area contributed by atoms with Crippen molar-refractivity contribution >= 4 is 34.8 Å². The number of carboxylic acid groups (broad SMARTS) is 1. The molecule has 94 valence electrons. The van der Waals surface area contributed by atoms with E-state index in [-0.39, 0.29) is 5.92 Å². The topological polar surface area (TPSA) is 66.4 Å². The summed E-state index contributed by atoms with van der Waals surface area (Å²) in [6.45, 7) is 3.81. The van der Waals surface area contributed by atoms with Gasteiger partial charge in [0, 0.05) is 0 Å². The van der Waals surface area contributed by atoms with Gasteiger partial charge in [-0.1, -0.05) is 25.4 Å². The van der Waals surface area contributed by atoms with Crippen LogP contribution in [0.25, 0.3) is 0 Å². The monoisotopic (exact) mass is 275 g/mol. The Hall–Kier alpha value is -1.07. The Kier molecular flexibility index (Phi) is 4.96. The normalized spacial score (nSPS) is 12.5. The number of halogens is 1. The molecule has 1 aromatic heterocycles. The maximum Gasteiger partial charge on any atom is 0.326 e. The summed E-state index contributed by atoms with van der Waals surface area (Å²) in [4.78, 5) is 23.1.